The third-order valence-electron chi connectivity index (χ3n) is 3.26. The Morgan fingerprint density at radius 2 is 2.13 bits per heavy atom. The fourth-order valence-corrected chi connectivity index (χ4v) is 2.46. The molecule has 1 aromatic carbocycles. The first kappa shape index (κ1) is 8.92. The van der Waals surface area contributed by atoms with E-state index in [1.165, 1.54) is 5.69 Å². The Kier molecular flexibility index (Phi) is 1.99. The summed E-state index contributed by atoms with van der Waals surface area (Å²) in [6.45, 7) is 1.84. The molecule has 3 rings (SSSR count). The first-order valence-electron chi connectivity index (χ1n) is 5.30. The van der Waals surface area contributed by atoms with Gasteiger partial charge in [0.25, 0.3) is 0 Å². The maximum atomic E-state index is 10.5. The highest BCUT2D eigenvalue weighted by Crippen LogP contribution is 2.32. The van der Waals surface area contributed by atoms with Crippen LogP contribution in [0.4, 0.5) is 5.69 Å². The van der Waals surface area contributed by atoms with E-state index in [0.717, 1.165) is 31.4 Å². The smallest absolute Gasteiger partial charge is 0.150 e. The van der Waals surface area contributed by atoms with Gasteiger partial charge in [0.05, 0.1) is 18.8 Å². The van der Waals surface area contributed by atoms with E-state index < -0.39 is 0 Å². The van der Waals surface area contributed by atoms with E-state index in [9.17, 15) is 4.79 Å². The highest BCUT2D eigenvalue weighted by molar-refractivity contribution is 5.75. The number of anilines is 1. The molecule has 78 valence electrons. The second kappa shape index (κ2) is 3.35. The van der Waals surface area contributed by atoms with E-state index >= 15 is 0 Å². The second-order valence-electron chi connectivity index (χ2n) is 4.21. The predicted molar refractivity (Wildman–Crippen MR) is 57.3 cm³/mol. The largest absolute Gasteiger partial charge is 0.374 e. The number of aldehydes is 1. The molecule has 1 aromatic rings. The van der Waals surface area contributed by atoms with Crippen molar-refractivity contribution in [2.24, 2.45) is 0 Å². The summed E-state index contributed by atoms with van der Waals surface area (Å²) < 4.78 is 5.55. The third-order valence-corrected chi connectivity index (χ3v) is 3.26. The van der Waals surface area contributed by atoms with Crippen LogP contribution in [0.1, 0.15) is 16.8 Å². The quantitative estimate of drug-likeness (QED) is 0.682. The number of rotatable bonds is 2. The van der Waals surface area contributed by atoms with Crippen LogP contribution in [0.25, 0.3) is 0 Å². The molecular weight excluding hydrogens is 190 g/mol. The van der Waals surface area contributed by atoms with Gasteiger partial charge in [-0.3, -0.25) is 4.79 Å². The van der Waals surface area contributed by atoms with Crippen LogP contribution in [0.3, 0.4) is 0 Å². The average Bonchev–Trinajstić information content (AvgIpc) is 2.91. The molecule has 3 heteroatoms. The molecule has 0 unspecified atom stereocenters. The molecule has 2 heterocycles. The average molecular weight is 203 g/mol. The van der Waals surface area contributed by atoms with Crippen LogP contribution in [-0.2, 0) is 4.74 Å². The van der Waals surface area contributed by atoms with Gasteiger partial charge in [0.15, 0.2) is 0 Å². The van der Waals surface area contributed by atoms with Gasteiger partial charge in [-0.15, -0.1) is 0 Å². The number of ether oxygens (including phenoxy) is 1. The SMILES string of the molecule is O=Cc1ccc(N2C[C@@H]3C[C@H]2CO3)cc1. The van der Waals surface area contributed by atoms with Crippen molar-refractivity contribution >= 4 is 12.0 Å². The zero-order chi connectivity index (χ0) is 10.3. The van der Waals surface area contributed by atoms with Gasteiger partial charge in [0, 0.05) is 17.8 Å². The van der Waals surface area contributed by atoms with Crippen molar-refractivity contribution in [1.82, 2.24) is 0 Å². The van der Waals surface area contributed by atoms with Gasteiger partial charge < -0.3 is 9.64 Å². The number of carbonyl (C=O) groups is 1. The molecule has 0 radical (unpaired) electrons. The molecule has 0 aliphatic carbocycles. The number of carbonyl (C=O) groups excluding carboxylic acids is 1. The Hall–Kier alpha value is -1.35. The lowest BCUT2D eigenvalue weighted by Gasteiger charge is -2.28. The molecule has 2 atom stereocenters. The van der Waals surface area contributed by atoms with Gasteiger partial charge in [-0.25, -0.2) is 0 Å². The number of morpholine rings is 1. The first-order valence-corrected chi connectivity index (χ1v) is 5.30. The van der Waals surface area contributed by atoms with Crippen LogP contribution in [-0.4, -0.2) is 31.6 Å². The Labute approximate surface area is 88.6 Å². The molecule has 3 nitrogen and oxygen atoms in total. The minimum atomic E-state index is 0.417. The zero-order valence-electron chi connectivity index (χ0n) is 8.43. The zero-order valence-corrected chi connectivity index (χ0v) is 8.43. The minimum Gasteiger partial charge on any atom is -0.374 e. The Morgan fingerprint density at radius 3 is 2.67 bits per heavy atom. The van der Waals surface area contributed by atoms with Crippen molar-refractivity contribution in [3.05, 3.63) is 29.8 Å². The summed E-state index contributed by atoms with van der Waals surface area (Å²) in [7, 11) is 0. The van der Waals surface area contributed by atoms with Gasteiger partial charge in [-0.05, 0) is 30.7 Å². The molecule has 2 bridgehead atoms. The van der Waals surface area contributed by atoms with Crippen LogP contribution in [0.5, 0.6) is 0 Å². The standard InChI is InChI=1S/C12H13NO2/c14-7-9-1-3-10(4-2-9)13-6-12-5-11(13)8-15-12/h1-4,7,11-12H,5-6,8H2/t11-,12-/m0/s1. The van der Waals surface area contributed by atoms with Gasteiger partial charge in [0.1, 0.15) is 6.29 Å². The number of nitrogens with zero attached hydrogens (tertiary/aromatic N) is 1. The number of benzene rings is 1. The van der Waals surface area contributed by atoms with Crippen molar-refractivity contribution in [1.29, 1.82) is 0 Å². The fraction of sp³-hybridized carbons (Fsp3) is 0.417. The highest BCUT2D eigenvalue weighted by atomic mass is 16.5. The fourth-order valence-electron chi connectivity index (χ4n) is 2.46. The van der Waals surface area contributed by atoms with Crippen LogP contribution < -0.4 is 4.90 Å². The number of hydrogen-bond acceptors (Lipinski definition) is 3. The summed E-state index contributed by atoms with van der Waals surface area (Å²) in [6, 6.07) is 8.32. The molecule has 0 amide bonds. The molecule has 2 aliphatic rings. The van der Waals surface area contributed by atoms with Crippen molar-refractivity contribution < 1.29 is 9.53 Å². The summed E-state index contributed by atoms with van der Waals surface area (Å²) in [5.41, 5.74) is 1.94. The number of fused-ring (bicyclic) bond motifs is 2. The second-order valence-corrected chi connectivity index (χ2v) is 4.21. The normalized spacial score (nSPS) is 28.4. The lowest BCUT2D eigenvalue weighted by Crippen LogP contribution is -2.36. The monoisotopic (exact) mass is 203 g/mol. The molecule has 2 aliphatic heterocycles. The molecular formula is C12H13NO2. The van der Waals surface area contributed by atoms with E-state index in [4.69, 9.17) is 4.74 Å². The summed E-state index contributed by atoms with van der Waals surface area (Å²) in [5.74, 6) is 0. The number of hydrogen-bond donors (Lipinski definition) is 0. The summed E-state index contributed by atoms with van der Waals surface area (Å²) in [4.78, 5) is 12.9. The minimum absolute atomic E-state index is 0.417. The van der Waals surface area contributed by atoms with E-state index in [1.54, 1.807) is 0 Å². The predicted octanol–water partition coefficient (Wildman–Crippen LogP) is 1.48. The molecule has 15 heavy (non-hydrogen) atoms. The van der Waals surface area contributed by atoms with E-state index in [-0.39, 0.29) is 0 Å². The van der Waals surface area contributed by atoms with E-state index in [0.29, 0.717) is 12.1 Å². The Bertz CT molecular complexity index is 374. The molecule has 0 N–H and O–H groups in total. The van der Waals surface area contributed by atoms with E-state index in [1.807, 2.05) is 24.3 Å². The topological polar surface area (TPSA) is 29.5 Å². The van der Waals surface area contributed by atoms with Gasteiger partial charge >= 0.3 is 0 Å². The van der Waals surface area contributed by atoms with Crippen LogP contribution in [0.15, 0.2) is 24.3 Å². The van der Waals surface area contributed by atoms with Crippen LogP contribution >= 0.6 is 0 Å². The van der Waals surface area contributed by atoms with Gasteiger partial charge in [-0.1, -0.05) is 0 Å². The van der Waals surface area contributed by atoms with Crippen molar-refractivity contribution in [3.8, 4) is 0 Å². The molecule has 0 saturated carbocycles. The van der Waals surface area contributed by atoms with Crippen LogP contribution in [0, 0.1) is 0 Å². The maximum Gasteiger partial charge on any atom is 0.150 e. The van der Waals surface area contributed by atoms with Crippen molar-refractivity contribution in [3.63, 3.8) is 0 Å². The molecule has 0 spiro atoms. The van der Waals surface area contributed by atoms with Crippen LogP contribution in [0.2, 0.25) is 0 Å². The summed E-state index contributed by atoms with van der Waals surface area (Å²) in [5, 5.41) is 0. The molecule has 2 fully saturated rings. The molecule has 2 saturated heterocycles. The lowest BCUT2D eigenvalue weighted by atomic mass is 10.2. The summed E-state index contributed by atoms with van der Waals surface area (Å²) >= 11 is 0. The van der Waals surface area contributed by atoms with Gasteiger partial charge in [-0.2, -0.15) is 0 Å². The Balaban J connectivity index is 1.84. The maximum absolute atomic E-state index is 10.5. The van der Waals surface area contributed by atoms with Crippen molar-refractivity contribution in [2.75, 3.05) is 18.1 Å². The van der Waals surface area contributed by atoms with E-state index in [2.05, 4.69) is 4.90 Å². The van der Waals surface area contributed by atoms with Gasteiger partial charge in [0.2, 0.25) is 0 Å². The van der Waals surface area contributed by atoms with Crippen molar-refractivity contribution in [2.45, 2.75) is 18.6 Å². The lowest BCUT2D eigenvalue weighted by molar-refractivity contribution is 0.0991. The molecule has 0 aromatic heterocycles. The Morgan fingerprint density at radius 1 is 1.33 bits per heavy atom. The first-order chi connectivity index (χ1) is 7.36. The highest BCUT2D eigenvalue weighted by Gasteiger charge is 2.38. The third kappa shape index (κ3) is 1.43. The summed E-state index contributed by atoms with van der Waals surface area (Å²) in [6.07, 6.45) is 2.44.